The van der Waals surface area contributed by atoms with Crippen LogP contribution in [0.1, 0.15) is 22.3 Å². The fraction of sp³-hybridized carbons (Fsp3) is 0.0196. The quantitative estimate of drug-likeness (QED) is 0.169. The van der Waals surface area contributed by atoms with Gasteiger partial charge >= 0.3 is 0 Å². The summed E-state index contributed by atoms with van der Waals surface area (Å²) in [6.07, 6.45) is 4.12. The third-order valence-corrected chi connectivity index (χ3v) is 11.3. The summed E-state index contributed by atoms with van der Waals surface area (Å²) in [5, 5.41) is 3.56. The van der Waals surface area contributed by atoms with Crippen molar-refractivity contribution in [1.29, 1.82) is 0 Å². The first kappa shape index (κ1) is 30.5. The first-order valence-corrected chi connectivity index (χ1v) is 18.5. The van der Waals surface area contributed by atoms with Crippen LogP contribution in [0.25, 0.3) is 72.1 Å². The van der Waals surface area contributed by atoms with Crippen LogP contribution in [0.4, 0.5) is 0 Å². The van der Waals surface area contributed by atoms with Crippen LogP contribution in [0, 0.1) is 0 Å². The van der Waals surface area contributed by atoms with E-state index < -0.39 is 5.41 Å². The zero-order chi connectivity index (χ0) is 35.6. The van der Waals surface area contributed by atoms with Crippen LogP contribution in [0.5, 0.6) is 0 Å². The van der Waals surface area contributed by atoms with Crippen LogP contribution in [0.3, 0.4) is 0 Å². The number of nitrogens with zero attached hydrogens (tertiary/aromatic N) is 3. The molecule has 10 aromatic rings. The molecule has 1 aliphatic carbocycles. The van der Waals surface area contributed by atoms with E-state index in [1.165, 1.54) is 44.2 Å². The molecule has 0 atom stereocenters. The zero-order valence-corrected chi connectivity index (χ0v) is 29.4. The van der Waals surface area contributed by atoms with E-state index in [0.29, 0.717) is 0 Å². The van der Waals surface area contributed by atoms with Crippen molar-refractivity contribution in [3.8, 4) is 44.8 Å². The van der Waals surface area contributed by atoms with Gasteiger partial charge in [0.1, 0.15) is 5.65 Å². The van der Waals surface area contributed by atoms with E-state index in [1.54, 1.807) is 0 Å². The molecular formula is C51H33N3. The van der Waals surface area contributed by atoms with Gasteiger partial charge in [0.25, 0.3) is 0 Å². The third-order valence-electron chi connectivity index (χ3n) is 11.3. The summed E-state index contributed by atoms with van der Waals surface area (Å²) < 4.78 is 2.06. The standard InChI is InChI=1S/C51H33N3/c1-3-16-38(17-4-1)51(39-18-5-2-6-19-39)43-22-9-7-20-40(43)49-44(51)30-29-42-48(49)41-21-8-10-23-45(41)53-50(42)37-15-13-14-36(32-37)34-25-27-35(28-26-34)46-33-54-31-12-11-24-47(54)52-46/h1-33H. The second kappa shape index (κ2) is 12.0. The predicted molar refractivity (Wildman–Crippen MR) is 222 cm³/mol. The lowest BCUT2D eigenvalue weighted by molar-refractivity contribution is 0.769. The summed E-state index contributed by atoms with van der Waals surface area (Å²) in [6, 6.07) is 68.0. The molecule has 0 spiro atoms. The van der Waals surface area contributed by atoms with Gasteiger partial charge in [0, 0.05) is 39.7 Å². The maximum absolute atomic E-state index is 5.41. The van der Waals surface area contributed by atoms with Crippen LogP contribution in [0.2, 0.25) is 0 Å². The number of pyridine rings is 2. The Morgan fingerprint density at radius 3 is 1.93 bits per heavy atom. The van der Waals surface area contributed by atoms with Gasteiger partial charge in [-0.3, -0.25) is 0 Å². The summed E-state index contributed by atoms with van der Waals surface area (Å²) >= 11 is 0. The molecule has 7 aromatic carbocycles. The molecule has 3 nitrogen and oxygen atoms in total. The van der Waals surface area contributed by atoms with Crippen LogP contribution in [-0.4, -0.2) is 14.4 Å². The highest BCUT2D eigenvalue weighted by Crippen LogP contribution is 2.58. The fourth-order valence-corrected chi connectivity index (χ4v) is 8.95. The van der Waals surface area contributed by atoms with E-state index in [-0.39, 0.29) is 0 Å². The predicted octanol–water partition coefficient (Wildman–Crippen LogP) is 12.4. The molecule has 54 heavy (non-hydrogen) atoms. The first-order valence-electron chi connectivity index (χ1n) is 18.5. The van der Waals surface area contributed by atoms with Crippen LogP contribution in [0.15, 0.2) is 200 Å². The van der Waals surface area contributed by atoms with Crippen molar-refractivity contribution in [2.24, 2.45) is 0 Å². The topological polar surface area (TPSA) is 30.2 Å². The van der Waals surface area contributed by atoms with Crippen molar-refractivity contribution < 1.29 is 0 Å². The summed E-state index contributed by atoms with van der Waals surface area (Å²) in [7, 11) is 0. The van der Waals surface area contributed by atoms with Gasteiger partial charge in [-0.1, -0.05) is 164 Å². The zero-order valence-electron chi connectivity index (χ0n) is 29.4. The van der Waals surface area contributed by atoms with E-state index in [4.69, 9.17) is 9.97 Å². The van der Waals surface area contributed by atoms with E-state index >= 15 is 0 Å². The van der Waals surface area contributed by atoms with Crippen molar-refractivity contribution in [2.45, 2.75) is 5.41 Å². The minimum atomic E-state index is -0.470. The summed E-state index contributed by atoms with van der Waals surface area (Å²) in [5.41, 5.74) is 15.6. The van der Waals surface area contributed by atoms with Gasteiger partial charge in [-0.25, -0.2) is 9.97 Å². The molecule has 0 bridgehead atoms. The Labute approximate surface area is 313 Å². The Balaban J connectivity index is 1.12. The molecule has 3 aromatic heterocycles. The maximum Gasteiger partial charge on any atom is 0.137 e. The molecule has 3 heterocycles. The highest BCUT2D eigenvalue weighted by atomic mass is 15.0. The van der Waals surface area contributed by atoms with Crippen molar-refractivity contribution in [3.63, 3.8) is 0 Å². The lowest BCUT2D eigenvalue weighted by Crippen LogP contribution is -2.28. The first-order chi connectivity index (χ1) is 26.8. The van der Waals surface area contributed by atoms with Gasteiger partial charge in [0.15, 0.2) is 0 Å². The minimum Gasteiger partial charge on any atom is -0.306 e. The average Bonchev–Trinajstić information content (AvgIpc) is 3.82. The highest BCUT2D eigenvalue weighted by Gasteiger charge is 2.46. The number of para-hydroxylation sites is 1. The number of imidazole rings is 1. The van der Waals surface area contributed by atoms with E-state index in [9.17, 15) is 0 Å². The lowest BCUT2D eigenvalue weighted by atomic mass is 9.67. The Morgan fingerprint density at radius 1 is 0.444 bits per heavy atom. The van der Waals surface area contributed by atoms with E-state index in [1.807, 2.05) is 24.4 Å². The van der Waals surface area contributed by atoms with Gasteiger partial charge in [-0.05, 0) is 68.8 Å². The molecule has 0 fully saturated rings. The Kier molecular flexibility index (Phi) is 6.77. The van der Waals surface area contributed by atoms with Crippen LogP contribution in [-0.2, 0) is 5.41 Å². The van der Waals surface area contributed by atoms with Crippen molar-refractivity contribution in [2.75, 3.05) is 0 Å². The van der Waals surface area contributed by atoms with Gasteiger partial charge in [-0.15, -0.1) is 0 Å². The van der Waals surface area contributed by atoms with E-state index in [2.05, 4.69) is 180 Å². The summed E-state index contributed by atoms with van der Waals surface area (Å²) in [4.78, 5) is 10.2. The minimum absolute atomic E-state index is 0.470. The number of rotatable bonds is 5. The molecule has 0 amide bonds. The Hall–Kier alpha value is -7.10. The second-order valence-electron chi connectivity index (χ2n) is 14.2. The molecular weight excluding hydrogens is 655 g/mol. The SMILES string of the molecule is c1ccc(C2(c3ccccc3)c3ccccc3-c3c2ccc2c(-c4cccc(-c5ccc(-c6cn7ccccc7n6)cc5)c4)nc4ccccc4c32)cc1. The van der Waals surface area contributed by atoms with Crippen molar-refractivity contribution >= 4 is 27.3 Å². The average molecular weight is 688 g/mol. The number of hydrogen-bond acceptors (Lipinski definition) is 2. The largest absolute Gasteiger partial charge is 0.306 e. The molecule has 0 saturated heterocycles. The molecule has 11 rings (SSSR count). The number of fused-ring (bicyclic) bond motifs is 8. The number of benzene rings is 7. The third kappa shape index (κ3) is 4.49. The molecule has 252 valence electrons. The number of hydrogen-bond donors (Lipinski definition) is 0. The lowest BCUT2D eigenvalue weighted by Gasteiger charge is -2.34. The molecule has 0 radical (unpaired) electrons. The van der Waals surface area contributed by atoms with Gasteiger partial charge < -0.3 is 4.40 Å². The molecule has 0 unspecified atom stereocenters. The van der Waals surface area contributed by atoms with Gasteiger partial charge in [0.05, 0.1) is 22.3 Å². The van der Waals surface area contributed by atoms with Crippen molar-refractivity contribution in [3.05, 3.63) is 223 Å². The molecule has 0 aliphatic heterocycles. The smallest absolute Gasteiger partial charge is 0.137 e. The van der Waals surface area contributed by atoms with E-state index in [0.717, 1.165) is 50.2 Å². The normalized spacial score (nSPS) is 13.0. The molecule has 0 saturated carbocycles. The molecule has 0 N–H and O–H groups in total. The Morgan fingerprint density at radius 2 is 1.13 bits per heavy atom. The van der Waals surface area contributed by atoms with Crippen LogP contribution >= 0.6 is 0 Å². The molecule has 1 aliphatic rings. The van der Waals surface area contributed by atoms with Gasteiger partial charge in [-0.2, -0.15) is 0 Å². The summed E-state index contributed by atoms with van der Waals surface area (Å²) in [6.45, 7) is 0. The second-order valence-corrected chi connectivity index (χ2v) is 14.2. The molecule has 3 heteroatoms. The fourth-order valence-electron chi connectivity index (χ4n) is 8.95. The monoisotopic (exact) mass is 687 g/mol. The number of aromatic nitrogens is 3. The summed E-state index contributed by atoms with van der Waals surface area (Å²) in [5.74, 6) is 0. The van der Waals surface area contributed by atoms with Gasteiger partial charge in [0.2, 0.25) is 0 Å². The van der Waals surface area contributed by atoms with Crippen LogP contribution < -0.4 is 0 Å². The Bertz CT molecular complexity index is 2960. The highest BCUT2D eigenvalue weighted by molar-refractivity contribution is 6.19. The van der Waals surface area contributed by atoms with Crippen molar-refractivity contribution in [1.82, 2.24) is 14.4 Å². The maximum atomic E-state index is 5.41.